The highest BCUT2D eigenvalue weighted by atomic mass is 19.4. The van der Waals surface area contributed by atoms with E-state index in [1.807, 2.05) is 0 Å². The number of aromatic nitrogens is 2. The van der Waals surface area contributed by atoms with Gasteiger partial charge in [0.15, 0.2) is 0 Å². The predicted molar refractivity (Wildman–Crippen MR) is 101 cm³/mol. The van der Waals surface area contributed by atoms with Gasteiger partial charge in [-0.25, -0.2) is 4.98 Å². The number of fused-ring (bicyclic) bond motifs is 1. The number of nitrogens with one attached hydrogen (secondary N) is 1. The third-order valence-corrected chi connectivity index (χ3v) is 5.29. The van der Waals surface area contributed by atoms with Crippen LogP contribution in [0.4, 0.5) is 13.2 Å². The Hall–Kier alpha value is -2.50. The summed E-state index contributed by atoms with van der Waals surface area (Å²) in [5, 5.41) is 30.0. The molecule has 0 aliphatic carbocycles. The summed E-state index contributed by atoms with van der Waals surface area (Å²) in [7, 11) is 0. The number of halogens is 3. The standard InChI is InChI=1S/C20H20F3N3O4/c21-20(22,23)11-5-2-6-12-15(11)26-19(25-12)10-4-1-3-9(7-10)18-17(29)16(28)14(24)13(8-27)30-18/h1-7,13-14,16-18,27-29H,8,24H2,(H,25,26). The summed E-state index contributed by atoms with van der Waals surface area (Å²) >= 11 is 0. The highest BCUT2D eigenvalue weighted by Gasteiger charge is 2.43. The number of aromatic amines is 1. The monoisotopic (exact) mass is 423 g/mol. The summed E-state index contributed by atoms with van der Waals surface area (Å²) in [6, 6.07) is 9.33. The first kappa shape index (κ1) is 20.8. The Bertz CT molecular complexity index is 1050. The van der Waals surface area contributed by atoms with E-state index in [1.54, 1.807) is 24.3 Å². The normalized spacial score (nSPS) is 27.5. The van der Waals surface area contributed by atoms with Crippen molar-refractivity contribution in [2.24, 2.45) is 5.73 Å². The zero-order valence-corrected chi connectivity index (χ0v) is 15.5. The second-order valence-electron chi connectivity index (χ2n) is 7.25. The number of H-pyrrole nitrogens is 1. The van der Waals surface area contributed by atoms with Gasteiger partial charge >= 0.3 is 6.18 Å². The average molecular weight is 423 g/mol. The molecule has 0 saturated carbocycles. The van der Waals surface area contributed by atoms with Gasteiger partial charge in [0.05, 0.1) is 29.8 Å². The Kier molecular flexibility index (Phi) is 5.28. The van der Waals surface area contributed by atoms with Gasteiger partial charge in [-0.15, -0.1) is 0 Å². The molecule has 1 aromatic heterocycles. The van der Waals surface area contributed by atoms with Crippen LogP contribution in [0.1, 0.15) is 17.2 Å². The smallest absolute Gasteiger partial charge is 0.394 e. The van der Waals surface area contributed by atoms with Crippen molar-refractivity contribution in [3.05, 3.63) is 53.6 Å². The van der Waals surface area contributed by atoms with Crippen LogP contribution in [0.15, 0.2) is 42.5 Å². The molecule has 0 spiro atoms. The van der Waals surface area contributed by atoms with E-state index in [9.17, 15) is 28.5 Å². The zero-order valence-electron chi connectivity index (χ0n) is 15.5. The van der Waals surface area contributed by atoms with Crippen LogP contribution in [0.25, 0.3) is 22.4 Å². The first-order chi connectivity index (χ1) is 14.2. The number of aliphatic hydroxyl groups is 3. The number of nitrogens with zero attached hydrogens (tertiary/aromatic N) is 1. The second kappa shape index (κ2) is 7.64. The number of hydrogen-bond acceptors (Lipinski definition) is 6. The van der Waals surface area contributed by atoms with Crippen LogP contribution in [0, 0.1) is 0 Å². The summed E-state index contributed by atoms with van der Waals surface area (Å²) in [5.74, 6) is 0.213. The van der Waals surface area contributed by atoms with Crippen molar-refractivity contribution < 1.29 is 33.2 Å². The maximum Gasteiger partial charge on any atom is 0.418 e. The molecule has 1 saturated heterocycles. The molecule has 0 bridgehead atoms. The Morgan fingerprint density at radius 3 is 2.53 bits per heavy atom. The van der Waals surface area contributed by atoms with Gasteiger partial charge in [-0.2, -0.15) is 13.2 Å². The number of hydrogen-bond donors (Lipinski definition) is 5. The first-order valence-corrected chi connectivity index (χ1v) is 9.25. The quantitative estimate of drug-likeness (QED) is 0.437. The molecule has 6 N–H and O–H groups in total. The van der Waals surface area contributed by atoms with Crippen molar-refractivity contribution in [3.63, 3.8) is 0 Å². The number of ether oxygens (including phenoxy) is 1. The number of alkyl halides is 3. The molecule has 5 unspecified atom stereocenters. The minimum Gasteiger partial charge on any atom is -0.394 e. The fraction of sp³-hybridized carbons (Fsp3) is 0.350. The molecule has 1 aliphatic rings. The van der Waals surface area contributed by atoms with Crippen LogP contribution in [0.3, 0.4) is 0 Å². The Morgan fingerprint density at radius 2 is 1.83 bits per heavy atom. The predicted octanol–water partition coefficient (Wildman–Crippen LogP) is 1.73. The van der Waals surface area contributed by atoms with Gasteiger partial charge in [0, 0.05) is 5.56 Å². The largest absolute Gasteiger partial charge is 0.418 e. The topological polar surface area (TPSA) is 125 Å². The van der Waals surface area contributed by atoms with Gasteiger partial charge in [-0.05, 0) is 23.8 Å². The number of nitrogens with two attached hydrogens (primary N) is 1. The van der Waals surface area contributed by atoms with E-state index in [2.05, 4.69) is 9.97 Å². The Morgan fingerprint density at radius 1 is 1.10 bits per heavy atom. The molecule has 2 heterocycles. The first-order valence-electron chi connectivity index (χ1n) is 9.25. The van der Waals surface area contributed by atoms with Crippen molar-refractivity contribution >= 4 is 11.0 Å². The van der Waals surface area contributed by atoms with Gasteiger partial charge in [0.2, 0.25) is 0 Å². The summed E-state index contributed by atoms with van der Waals surface area (Å²) < 4.78 is 45.5. The van der Waals surface area contributed by atoms with E-state index in [1.165, 1.54) is 12.1 Å². The Balaban J connectivity index is 1.72. The molecule has 0 radical (unpaired) electrons. The maximum atomic E-state index is 13.3. The van der Waals surface area contributed by atoms with Crippen molar-refractivity contribution in [1.29, 1.82) is 0 Å². The van der Waals surface area contributed by atoms with E-state index in [-0.39, 0.29) is 16.9 Å². The molecule has 2 aromatic carbocycles. The van der Waals surface area contributed by atoms with Gasteiger partial charge in [0.1, 0.15) is 29.7 Å². The fourth-order valence-electron chi connectivity index (χ4n) is 3.69. The van der Waals surface area contributed by atoms with E-state index in [0.29, 0.717) is 11.1 Å². The number of benzene rings is 2. The van der Waals surface area contributed by atoms with Gasteiger partial charge in [-0.1, -0.05) is 24.3 Å². The van der Waals surface area contributed by atoms with Crippen LogP contribution >= 0.6 is 0 Å². The molecule has 3 aromatic rings. The molecule has 4 rings (SSSR count). The molecular weight excluding hydrogens is 403 g/mol. The second-order valence-corrected chi connectivity index (χ2v) is 7.25. The average Bonchev–Trinajstić information content (AvgIpc) is 3.16. The molecule has 1 fully saturated rings. The third-order valence-electron chi connectivity index (χ3n) is 5.29. The van der Waals surface area contributed by atoms with Gasteiger partial charge < -0.3 is 30.8 Å². The van der Waals surface area contributed by atoms with E-state index >= 15 is 0 Å². The van der Waals surface area contributed by atoms with Crippen molar-refractivity contribution in [1.82, 2.24) is 9.97 Å². The lowest BCUT2D eigenvalue weighted by Gasteiger charge is -2.41. The van der Waals surface area contributed by atoms with Gasteiger partial charge in [0.25, 0.3) is 0 Å². The number of para-hydroxylation sites is 1. The third kappa shape index (κ3) is 3.57. The molecule has 7 nitrogen and oxygen atoms in total. The Labute approximate surface area is 168 Å². The van der Waals surface area contributed by atoms with Crippen molar-refractivity contribution in [2.75, 3.05) is 6.61 Å². The van der Waals surface area contributed by atoms with E-state index in [0.717, 1.165) is 6.07 Å². The molecule has 160 valence electrons. The summed E-state index contributed by atoms with van der Waals surface area (Å²) in [4.78, 5) is 7.00. The molecule has 1 aliphatic heterocycles. The molecule has 0 amide bonds. The SMILES string of the molecule is NC1C(CO)OC(c2cccc(-c3nc4c(C(F)(F)F)cccc4[nH]3)c2)C(O)C1O. The minimum absolute atomic E-state index is 0.193. The van der Waals surface area contributed by atoms with Crippen LogP contribution in [-0.4, -0.2) is 56.2 Å². The van der Waals surface area contributed by atoms with Crippen molar-refractivity contribution in [3.8, 4) is 11.4 Å². The molecule has 30 heavy (non-hydrogen) atoms. The zero-order chi connectivity index (χ0) is 21.6. The number of rotatable bonds is 3. The number of aliphatic hydroxyl groups excluding tert-OH is 3. The van der Waals surface area contributed by atoms with Crippen molar-refractivity contribution in [2.45, 2.75) is 36.6 Å². The number of imidazole rings is 1. The van der Waals surface area contributed by atoms with Gasteiger partial charge in [-0.3, -0.25) is 0 Å². The highest BCUT2D eigenvalue weighted by molar-refractivity contribution is 5.83. The van der Waals surface area contributed by atoms with E-state index < -0.39 is 48.8 Å². The highest BCUT2D eigenvalue weighted by Crippen LogP contribution is 2.36. The molecule has 5 atom stereocenters. The summed E-state index contributed by atoms with van der Waals surface area (Å²) in [6.07, 6.45) is -9.05. The summed E-state index contributed by atoms with van der Waals surface area (Å²) in [6.45, 7) is -0.440. The summed E-state index contributed by atoms with van der Waals surface area (Å²) in [5.41, 5.74) is 5.91. The lowest BCUT2D eigenvalue weighted by Crippen LogP contribution is -2.59. The minimum atomic E-state index is -4.54. The van der Waals surface area contributed by atoms with Crippen LogP contribution in [0.2, 0.25) is 0 Å². The molecule has 10 heteroatoms. The van der Waals surface area contributed by atoms with E-state index in [4.69, 9.17) is 10.5 Å². The lowest BCUT2D eigenvalue weighted by molar-refractivity contribution is -0.189. The molecular formula is C20H20F3N3O4. The van der Waals surface area contributed by atoms with Crippen LogP contribution in [0.5, 0.6) is 0 Å². The van der Waals surface area contributed by atoms with Crippen LogP contribution < -0.4 is 5.73 Å². The fourth-order valence-corrected chi connectivity index (χ4v) is 3.69. The maximum absolute atomic E-state index is 13.3. The lowest BCUT2D eigenvalue weighted by atomic mass is 9.89. The van der Waals surface area contributed by atoms with Crippen LogP contribution in [-0.2, 0) is 10.9 Å².